The van der Waals surface area contributed by atoms with Gasteiger partial charge >= 0.3 is 12.3 Å². The molecule has 2 heterocycles. The fraction of sp³-hybridized carbons (Fsp3) is 0.435. The molecule has 2 aliphatic heterocycles. The number of halogens is 4. The SMILES string of the molecule is CC(C)(OC(=O)Nc1ccc2c(c1)N(S(=O)(=O)c1ccc(F)cc1)CCO2)C(F)(F)F.CN1CCC1. The van der Waals surface area contributed by atoms with Gasteiger partial charge in [0, 0.05) is 5.69 Å². The van der Waals surface area contributed by atoms with Crippen LogP contribution in [0.5, 0.6) is 5.75 Å². The van der Waals surface area contributed by atoms with Crippen molar-refractivity contribution in [1.29, 1.82) is 0 Å². The van der Waals surface area contributed by atoms with Crippen molar-refractivity contribution in [2.45, 2.75) is 36.9 Å². The number of ether oxygens (including phenoxy) is 2. The molecule has 0 bridgehead atoms. The number of hydrogen-bond acceptors (Lipinski definition) is 6. The predicted octanol–water partition coefficient (Wildman–Crippen LogP) is 4.62. The lowest BCUT2D eigenvalue weighted by atomic mass is 10.1. The van der Waals surface area contributed by atoms with Crippen molar-refractivity contribution in [3.63, 3.8) is 0 Å². The topological polar surface area (TPSA) is 88.2 Å². The zero-order valence-corrected chi connectivity index (χ0v) is 20.7. The first kappa shape index (κ1) is 27.5. The number of benzene rings is 2. The number of alkyl halides is 3. The largest absolute Gasteiger partial charge is 0.489 e. The maximum absolute atomic E-state index is 13.2. The van der Waals surface area contributed by atoms with Gasteiger partial charge in [-0.15, -0.1) is 0 Å². The van der Waals surface area contributed by atoms with Crippen LogP contribution >= 0.6 is 0 Å². The molecule has 198 valence electrons. The normalized spacial score (nSPS) is 16.0. The second-order valence-electron chi connectivity index (χ2n) is 8.74. The fourth-order valence-corrected chi connectivity index (χ4v) is 4.61. The quantitative estimate of drug-likeness (QED) is 0.577. The van der Waals surface area contributed by atoms with Crippen molar-refractivity contribution >= 4 is 27.5 Å². The molecule has 0 saturated carbocycles. The van der Waals surface area contributed by atoms with Crippen LogP contribution in [-0.4, -0.2) is 64.5 Å². The number of hydrogen-bond donors (Lipinski definition) is 1. The number of likely N-dealkylation sites (tertiary alicyclic amines) is 1. The lowest BCUT2D eigenvalue weighted by Gasteiger charge is -2.31. The van der Waals surface area contributed by atoms with Crippen LogP contribution in [0.15, 0.2) is 47.4 Å². The summed E-state index contributed by atoms with van der Waals surface area (Å²) in [7, 11) is -1.95. The van der Waals surface area contributed by atoms with Crippen LogP contribution in [0.3, 0.4) is 0 Å². The molecule has 8 nitrogen and oxygen atoms in total. The van der Waals surface area contributed by atoms with E-state index in [0.717, 1.165) is 28.6 Å². The van der Waals surface area contributed by atoms with E-state index in [1.165, 1.54) is 37.7 Å². The van der Waals surface area contributed by atoms with Crippen molar-refractivity contribution in [2.24, 2.45) is 0 Å². The van der Waals surface area contributed by atoms with Gasteiger partial charge in [0.05, 0.1) is 17.1 Å². The number of carbonyl (C=O) groups excluding carboxylic acids is 1. The van der Waals surface area contributed by atoms with E-state index in [0.29, 0.717) is 13.8 Å². The molecule has 0 aliphatic carbocycles. The van der Waals surface area contributed by atoms with Gasteiger partial charge in [-0.25, -0.2) is 17.6 Å². The number of nitrogens with zero attached hydrogens (tertiary/aromatic N) is 2. The van der Waals surface area contributed by atoms with Crippen LogP contribution in [-0.2, 0) is 14.8 Å². The van der Waals surface area contributed by atoms with Gasteiger partial charge in [0.1, 0.15) is 18.2 Å². The molecule has 1 saturated heterocycles. The molecular weight excluding hydrogens is 506 g/mol. The van der Waals surface area contributed by atoms with Crippen molar-refractivity contribution in [3.05, 3.63) is 48.3 Å². The van der Waals surface area contributed by atoms with Crippen molar-refractivity contribution in [3.8, 4) is 5.75 Å². The van der Waals surface area contributed by atoms with Gasteiger partial charge in [0.15, 0.2) is 0 Å². The third-order valence-corrected chi connectivity index (χ3v) is 7.37. The molecule has 0 radical (unpaired) electrons. The Morgan fingerprint density at radius 2 is 1.67 bits per heavy atom. The van der Waals surface area contributed by atoms with E-state index >= 15 is 0 Å². The molecule has 2 aromatic carbocycles. The number of nitrogens with one attached hydrogen (secondary N) is 1. The third kappa shape index (κ3) is 6.38. The van der Waals surface area contributed by atoms with Gasteiger partial charge in [-0.05, 0) is 82.9 Å². The van der Waals surface area contributed by atoms with Crippen LogP contribution in [0.4, 0.5) is 33.7 Å². The molecule has 1 amide bonds. The molecule has 0 atom stereocenters. The summed E-state index contributed by atoms with van der Waals surface area (Å²) < 4.78 is 88.8. The molecule has 13 heteroatoms. The number of amides is 1. The summed E-state index contributed by atoms with van der Waals surface area (Å²) in [5.41, 5.74) is -2.68. The summed E-state index contributed by atoms with van der Waals surface area (Å²) in [5.74, 6) is -0.417. The first-order valence-electron chi connectivity index (χ1n) is 11.0. The second kappa shape index (κ2) is 10.5. The van der Waals surface area contributed by atoms with E-state index in [1.807, 2.05) is 0 Å². The number of carbonyl (C=O) groups is 1. The second-order valence-corrected chi connectivity index (χ2v) is 10.6. The lowest BCUT2D eigenvalue weighted by Crippen LogP contribution is -2.44. The average Bonchev–Trinajstić information content (AvgIpc) is 2.76. The van der Waals surface area contributed by atoms with E-state index in [4.69, 9.17) is 4.74 Å². The van der Waals surface area contributed by atoms with Gasteiger partial charge in [-0.1, -0.05) is 0 Å². The first-order chi connectivity index (χ1) is 16.7. The minimum atomic E-state index is -4.78. The standard InChI is InChI=1S/C19H18F4N2O5S.C4H9N/c1-18(2,19(21,22)23)30-17(26)24-13-5-8-16-15(11-13)25(9-10-29-16)31(27,28)14-6-3-12(20)4-7-14;1-5-3-2-4-5/h3-8,11H,9-10H2,1-2H3,(H,24,26);2-4H2,1H3. The molecule has 0 unspecified atom stereocenters. The molecule has 2 aliphatic rings. The van der Waals surface area contributed by atoms with Crippen molar-refractivity contribution in [2.75, 3.05) is 42.9 Å². The molecule has 4 rings (SSSR count). The highest BCUT2D eigenvalue weighted by Gasteiger charge is 2.51. The monoisotopic (exact) mass is 533 g/mol. The van der Waals surface area contributed by atoms with E-state index in [9.17, 15) is 30.8 Å². The minimum absolute atomic E-state index is 0.00784. The number of rotatable bonds is 4. The predicted molar refractivity (Wildman–Crippen MR) is 125 cm³/mol. The summed E-state index contributed by atoms with van der Waals surface area (Å²) in [6, 6.07) is 8.16. The third-order valence-electron chi connectivity index (χ3n) is 5.54. The molecule has 0 aromatic heterocycles. The maximum atomic E-state index is 13.2. The summed E-state index contributed by atoms with van der Waals surface area (Å²) in [6.45, 7) is 4.01. The lowest BCUT2D eigenvalue weighted by molar-refractivity contribution is -0.242. The van der Waals surface area contributed by atoms with Gasteiger partial charge in [0.2, 0.25) is 5.60 Å². The molecule has 1 N–H and O–H groups in total. The summed E-state index contributed by atoms with van der Waals surface area (Å²) in [4.78, 5) is 14.1. The Balaban J connectivity index is 0.000000642. The van der Waals surface area contributed by atoms with Gasteiger partial charge in [0.25, 0.3) is 10.0 Å². The Bertz CT molecular complexity index is 1180. The summed E-state index contributed by atoms with van der Waals surface area (Å²) in [5, 5.41) is 2.15. The number of fused-ring (bicyclic) bond motifs is 1. The van der Waals surface area contributed by atoms with E-state index in [1.54, 1.807) is 0 Å². The summed E-state index contributed by atoms with van der Waals surface area (Å²) >= 11 is 0. The molecule has 1 fully saturated rings. The number of sulfonamides is 1. The van der Waals surface area contributed by atoms with Crippen LogP contribution in [0.1, 0.15) is 20.3 Å². The Kier molecular flexibility index (Phi) is 8.04. The Labute approximate surface area is 206 Å². The van der Waals surface area contributed by atoms with Crippen LogP contribution < -0.4 is 14.4 Å². The minimum Gasteiger partial charge on any atom is -0.489 e. The van der Waals surface area contributed by atoms with Crippen LogP contribution in [0.25, 0.3) is 0 Å². The Hall–Kier alpha value is -3.06. The Morgan fingerprint density at radius 1 is 1.06 bits per heavy atom. The van der Waals surface area contributed by atoms with Crippen molar-refractivity contribution < 1.29 is 40.2 Å². The van der Waals surface area contributed by atoms with Crippen molar-refractivity contribution in [1.82, 2.24) is 4.90 Å². The van der Waals surface area contributed by atoms with Gasteiger partial charge < -0.3 is 14.4 Å². The fourth-order valence-electron chi connectivity index (χ4n) is 3.16. The molecular formula is C23H27F4N3O5S. The molecule has 36 heavy (non-hydrogen) atoms. The maximum Gasteiger partial charge on any atom is 0.427 e. The van der Waals surface area contributed by atoms with Gasteiger partial charge in [-0.2, -0.15) is 13.2 Å². The van der Waals surface area contributed by atoms with E-state index in [2.05, 4.69) is 22.0 Å². The van der Waals surface area contributed by atoms with Crippen LogP contribution in [0, 0.1) is 5.82 Å². The first-order valence-corrected chi connectivity index (χ1v) is 12.5. The summed E-state index contributed by atoms with van der Waals surface area (Å²) in [6.07, 6.45) is -4.74. The molecule has 0 spiro atoms. The van der Waals surface area contributed by atoms with Gasteiger partial charge in [-0.3, -0.25) is 9.62 Å². The average molecular weight is 534 g/mol. The zero-order chi connectivity index (χ0) is 26.7. The highest BCUT2D eigenvalue weighted by atomic mass is 32.2. The zero-order valence-electron chi connectivity index (χ0n) is 19.9. The smallest absolute Gasteiger partial charge is 0.427 e. The molecule has 2 aromatic rings. The van der Waals surface area contributed by atoms with E-state index in [-0.39, 0.29) is 35.2 Å². The van der Waals surface area contributed by atoms with E-state index < -0.39 is 33.7 Å². The van der Waals surface area contributed by atoms with Crippen LogP contribution in [0.2, 0.25) is 0 Å². The number of anilines is 2. The highest BCUT2D eigenvalue weighted by molar-refractivity contribution is 7.92. The Morgan fingerprint density at radius 3 is 2.19 bits per heavy atom. The highest BCUT2D eigenvalue weighted by Crippen LogP contribution is 2.38.